The van der Waals surface area contributed by atoms with Gasteiger partial charge in [-0.15, -0.1) is 0 Å². The molecular formula is C6H16N4. The minimum Gasteiger partial charge on any atom is -0.324 e. The predicted octanol–water partition coefficient (Wildman–Crippen LogP) is 0.358. The van der Waals surface area contributed by atoms with Crippen molar-refractivity contribution in [3.8, 4) is 0 Å². The highest BCUT2D eigenvalue weighted by molar-refractivity contribution is 5.89. The van der Waals surface area contributed by atoms with E-state index in [-0.39, 0.29) is 1.43 Å². The molecule has 0 aliphatic carbocycles. The summed E-state index contributed by atoms with van der Waals surface area (Å²) in [5, 5.41) is 17.1. The third kappa shape index (κ3) is 3.19. The van der Waals surface area contributed by atoms with Crippen molar-refractivity contribution in [3.63, 3.8) is 0 Å². The Morgan fingerprint density at radius 1 is 1.80 bits per heavy atom. The van der Waals surface area contributed by atoms with Gasteiger partial charge in [0.2, 0.25) is 0 Å². The van der Waals surface area contributed by atoms with Crippen LogP contribution in [-0.2, 0) is 0 Å². The Balaban J connectivity index is 0. The Labute approximate surface area is 62.7 Å². The van der Waals surface area contributed by atoms with Crippen molar-refractivity contribution in [1.29, 1.82) is 10.8 Å². The molecule has 4 nitrogen and oxygen atoms in total. The monoisotopic (exact) mass is 144 g/mol. The number of hydrogen-bond acceptors (Lipinski definition) is 3. The summed E-state index contributed by atoms with van der Waals surface area (Å²) in [6.07, 6.45) is 1.12. The molecule has 0 radical (unpaired) electrons. The van der Waals surface area contributed by atoms with E-state index in [2.05, 4.69) is 5.32 Å². The number of hydrogen-bond donors (Lipinski definition) is 3. The summed E-state index contributed by atoms with van der Waals surface area (Å²) in [6, 6.07) is 0. The lowest BCUT2D eigenvalue weighted by Crippen LogP contribution is -2.33. The molecule has 0 heterocycles. The van der Waals surface area contributed by atoms with Gasteiger partial charge in [-0.3, -0.25) is 10.8 Å². The van der Waals surface area contributed by atoms with Gasteiger partial charge in [0.15, 0.2) is 0 Å². The summed E-state index contributed by atoms with van der Waals surface area (Å²) in [7, 11) is 1.69. The van der Waals surface area contributed by atoms with Crippen molar-refractivity contribution in [2.24, 2.45) is 0 Å². The first-order chi connectivity index (χ1) is 4.72. The smallest absolute Gasteiger partial charge is 0.115 e. The molecule has 60 valence electrons. The largest absolute Gasteiger partial charge is 0.324 e. The van der Waals surface area contributed by atoms with Crippen molar-refractivity contribution in [1.82, 2.24) is 10.2 Å². The van der Waals surface area contributed by atoms with E-state index in [1.165, 1.54) is 4.90 Å². The molecule has 0 atom stereocenters. The van der Waals surface area contributed by atoms with Crippen LogP contribution in [0.3, 0.4) is 0 Å². The van der Waals surface area contributed by atoms with Gasteiger partial charge in [0.25, 0.3) is 0 Å². The SMILES string of the molecule is CCNCC(=N)N(C)C=N.[HH]. The Bertz CT molecular complexity index is 126. The van der Waals surface area contributed by atoms with Gasteiger partial charge in [-0.2, -0.15) is 0 Å². The lowest BCUT2D eigenvalue weighted by atomic mass is 10.5. The Hall–Kier alpha value is -0.900. The van der Waals surface area contributed by atoms with Crippen molar-refractivity contribution in [2.75, 3.05) is 20.1 Å². The molecule has 3 N–H and O–H groups in total. The van der Waals surface area contributed by atoms with Crippen LogP contribution < -0.4 is 5.32 Å². The highest BCUT2D eigenvalue weighted by atomic mass is 15.2. The standard InChI is InChI=1S/C6H14N4.H2/c1-3-9-4-6(8)10(2)5-7;/h5,7-9H,3-4H2,1-2H3;1H. The van der Waals surface area contributed by atoms with Crippen LogP contribution in [-0.4, -0.2) is 37.2 Å². The average molecular weight is 144 g/mol. The van der Waals surface area contributed by atoms with Crippen LogP contribution in [0, 0.1) is 10.8 Å². The average Bonchev–Trinajstić information content (AvgIpc) is 1.98. The second-order valence-corrected chi connectivity index (χ2v) is 1.97. The van der Waals surface area contributed by atoms with Crippen LogP contribution in [0.2, 0.25) is 0 Å². The van der Waals surface area contributed by atoms with Gasteiger partial charge in [-0.1, -0.05) is 6.92 Å². The minimum absolute atomic E-state index is 0. The van der Waals surface area contributed by atoms with Crippen molar-refractivity contribution < 1.29 is 1.43 Å². The first-order valence-corrected chi connectivity index (χ1v) is 3.24. The van der Waals surface area contributed by atoms with Crippen molar-refractivity contribution >= 4 is 12.2 Å². The van der Waals surface area contributed by atoms with Crippen LogP contribution in [0.15, 0.2) is 0 Å². The van der Waals surface area contributed by atoms with Gasteiger partial charge in [-0.25, -0.2) is 0 Å². The van der Waals surface area contributed by atoms with Crippen LogP contribution in [0.5, 0.6) is 0 Å². The topological polar surface area (TPSA) is 63.0 Å². The molecule has 0 bridgehead atoms. The van der Waals surface area contributed by atoms with E-state index >= 15 is 0 Å². The number of rotatable bonds is 4. The second kappa shape index (κ2) is 4.93. The maximum absolute atomic E-state index is 7.31. The molecule has 0 saturated carbocycles. The first kappa shape index (κ1) is 9.10. The molecule has 0 saturated heterocycles. The summed E-state index contributed by atoms with van der Waals surface area (Å²) in [6.45, 7) is 3.37. The van der Waals surface area contributed by atoms with Gasteiger partial charge in [0.1, 0.15) is 5.84 Å². The molecule has 0 spiro atoms. The molecule has 10 heavy (non-hydrogen) atoms. The third-order valence-electron chi connectivity index (χ3n) is 1.16. The summed E-state index contributed by atoms with van der Waals surface area (Å²) in [4.78, 5) is 1.46. The van der Waals surface area contributed by atoms with E-state index in [9.17, 15) is 0 Å². The number of nitrogens with zero attached hydrogens (tertiary/aromatic N) is 1. The number of amidine groups is 1. The maximum Gasteiger partial charge on any atom is 0.115 e. The lowest BCUT2D eigenvalue weighted by molar-refractivity contribution is 0.704. The van der Waals surface area contributed by atoms with E-state index in [1.807, 2.05) is 6.92 Å². The molecule has 0 aromatic rings. The van der Waals surface area contributed by atoms with E-state index in [4.69, 9.17) is 10.8 Å². The summed E-state index contributed by atoms with van der Waals surface area (Å²) >= 11 is 0. The summed E-state index contributed by atoms with van der Waals surface area (Å²) in [5.41, 5.74) is 0. The molecule has 0 aromatic heterocycles. The fraction of sp³-hybridized carbons (Fsp3) is 0.667. The number of likely N-dealkylation sites (N-methyl/N-ethyl adjacent to an activating group) is 2. The zero-order valence-corrected chi connectivity index (χ0v) is 6.44. The van der Waals surface area contributed by atoms with Gasteiger partial charge < -0.3 is 10.2 Å². The highest BCUT2D eigenvalue weighted by Crippen LogP contribution is 1.76. The molecule has 0 aliphatic heterocycles. The first-order valence-electron chi connectivity index (χ1n) is 3.24. The van der Waals surface area contributed by atoms with E-state index in [0.717, 1.165) is 12.9 Å². The Morgan fingerprint density at radius 3 is 2.80 bits per heavy atom. The van der Waals surface area contributed by atoms with E-state index in [0.29, 0.717) is 12.4 Å². The predicted molar refractivity (Wildman–Crippen MR) is 44.9 cm³/mol. The maximum atomic E-state index is 7.31. The van der Waals surface area contributed by atoms with Gasteiger partial charge >= 0.3 is 0 Å². The van der Waals surface area contributed by atoms with Gasteiger partial charge in [-0.05, 0) is 6.54 Å². The van der Waals surface area contributed by atoms with Crippen LogP contribution in [0.4, 0.5) is 0 Å². The molecule has 0 unspecified atom stereocenters. The minimum atomic E-state index is 0. The van der Waals surface area contributed by atoms with E-state index in [1.54, 1.807) is 7.05 Å². The molecule has 0 aliphatic rings. The normalized spacial score (nSPS) is 9.00. The molecule has 4 heteroatoms. The Kier molecular flexibility index (Phi) is 4.49. The lowest BCUT2D eigenvalue weighted by Gasteiger charge is -2.12. The molecular weight excluding hydrogens is 128 g/mol. The van der Waals surface area contributed by atoms with Gasteiger partial charge in [0, 0.05) is 8.47 Å². The quantitative estimate of drug-likeness (QED) is 0.394. The highest BCUT2D eigenvalue weighted by Gasteiger charge is 1.97. The van der Waals surface area contributed by atoms with Crippen molar-refractivity contribution in [3.05, 3.63) is 0 Å². The van der Waals surface area contributed by atoms with Crippen molar-refractivity contribution in [2.45, 2.75) is 6.92 Å². The molecule has 0 fully saturated rings. The van der Waals surface area contributed by atoms with E-state index < -0.39 is 0 Å². The van der Waals surface area contributed by atoms with Crippen LogP contribution >= 0.6 is 0 Å². The second-order valence-electron chi connectivity index (χ2n) is 1.97. The summed E-state index contributed by atoms with van der Waals surface area (Å²) in [5.74, 6) is 0.414. The van der Waals surface area contributed by atoms with Crippen LogP contribution in [0.25, 0.3) is 0 Å². The molecule has 0 rings (SSSR count). The van der Waals surface area contributed by atoms with Gasteiger partial charge in [0.05, 0.1) is 12.9 Å². The fourth-order valence-electron chi connectivity index (χ4n) is 0.446. The fourth-order valence-corrected chi connectivity index (χ4v) is 0.446. The zero-order valence-electron chi connectivity index (χ0n) is 6.44. The summed E-state index contributed by atoms with van der Waals surface area (Å²) < 4.78 is 0. The molecule has 0 aromatic carbocycles. The molecule has 0 amide bonds. The third-order valence-corrected chi connectivity index (χ3v) is 1.16. The zero-order chi connectivity index (χ0) is 7.98. The number of nitrogens with one attached hydrogen (secondary N) is 3. The van der Waals surface area contributed by atoms with Crippen LogP contribution in [0.1, 0.15) is 8.35 Å². The Morgan fingerprint density at radius 2 is 2.40 bits per heavy atom.